The van der Waals surface area contributed by atoms with Crippen LogP contribution in [0.1, 0.15) is 35.0 Å². The molecular weight excluding hydrogens is 424 g/mol. The Bertz CT molecular complexity index is 1120. The fourth-order valence-electron chi connectivity index (χ4n) is 3.82. The third kappa shape index (κ3) is 4.79. The summed E-state index contributed by atoms with van der Waals surface area (Å²) < 4.78 is 6.81. The standard InChI is InChI=1S/C23H26N6O2S/c1-16(24)31-22(25)17-5-3-6-19(15-17)28-13-10-21(26-28)29(18-8-11-27(2)12-9-18)23(30)20-7-4-14-32-20/h3-7,10,13-15,18,24-25H,8-9,11-12H2,1-2H3. The number of ether oxygens (including phenoxy) is 1. The van der Waals surface area contributed by atoms with Crippen LogP contribution < -0.4 is 4.90 Å². The van der Waals surface area contributed by atoms with Crippen LogP contribution in [0.15, 0.2) is 54.0 Å². The SMILES string of the molecule is CC(=N)OC(=N)c1cccc(-n2ccc(N(C(=O)c3cccs3)C3CCN(C)CC3)n2)c1. The number of thiophene rings is 1. The second-order valence-corrected chi connectivity index (χ2v) is 8.79. The molecule has 0 aliphatic carbocycles. The Morgan fingerprint density at radius 1 is 1.19 bits per heavy atom. The zero-order valence-electron chi connectivity index (χ0n) is 18.1. The van der Waals surface area contributed by atoms with Gasteiger partial charge in [-0.05, 0) is 62.6 Å². The Morgan fingerprint density at radius 3 is 2.66 bits per heavy atom. The number of benzene rings is 1. The van der Waals surface area contributed by atoms with E-state index in [0.717, 1.165) is 31.6 Å². The second kappa shape index (κ2) is 9.46. The van der Waals surface area contributed by atoms with Crippen molar-refractivity contribution in [1.29, 1.82) is 10.8 Å². The molecular formula is C23H26N6O2S. The Morgan fingerprint density at radius 2 is 1.97 bits per heavy atom. The number of nitrogens with one attached hydrogen (secondary N) is 2. The highest BCUT2D eigenvalue weighted by molar-refractivity contribution is 7.12. The predicted molar refractivity (Wildman–Crippen MR) is 127 cm³/mol. The van der Waals surface area contributed by atoms with Crippen LogP contribution in [0.2, 0.25) is 0 Å². The minimum absolute atomic E-state index is 0.0230. The summed E-state index contributed by atoms with van der Waals surface area (Å²) in [5, 5.41) is 22.1. The summed E-state index contributed by atoms with van der Waals surface area (Å²) >= 11 is 1.44. The summed E-state index contributed by atoms with van der Waals surface area (Å²) in [6, 6.07) is 12.9. The van der Waals surface area contributed by atoms with Crippen LogP contribution >= 0.6 is 11.3 Å². The van der Waals surface area contributed by atoms with Crippen molar-refractivity contribution in [3.05, 3.63) is 64.5 Å². The van der Waals surface area contributed by atoms with Gasteiger partial charge in [-0.2, -0.15) is 0 Å². The van der Waals surface area contributed by atoms with Gasteiger partial charge < -0.3 is 9.64 Å². The van der Waals surface area contributed by atoms with Crippen LogP contribution in [0.4, 0.5) is 5.82 Å². The first-order valence-corrected chi connectivity index (χ1v) is 11.3. The molecule has 1 aliphatic rings. The highest BCUT2D eigenvalue weighted by Gasteiger charge is 2.31. The van der Waals surface area contributed by atoms with Crippen molar-refractivity contribution in [2.45, 2.75) is 25.8 Å². The Labute approximate surface area is 191 Å². The monoisotopic (exact) mass is 450 g/mol. The van der Waals surface area contributed by atoms with Crippen LogP contribution in [-0.2, 0) is 4.74 Å². The van der Waals surface area contributed by atoms with Gasteiger partial charge in [0.25, 0.3) is 5.91 Å². The normalized spacial score (nSPS) is 14.8. The van der Waals surface area contributed by atoms with E-state index in [4.69, 9.17) is 20.7 Å². The molecule has 166 valence electrons. The number of carbonyl (C=O) groups is 1. The largest absolute Gasteiger partial charge is 0.426 e. The maximum atomic E-state index is 13.4. The van der Waals surface area contributed by atoms with Gasteiger partial charge in [0, 0.05) is 30.8 Å². The van der Waals surface area contributed by atoms with Gasteiger partial charge in [0.05, 0.1) is 10.6 Å². The summed E-state index contributed by atoms with van der Waals surface area (Å²) in [6.07, 6.45) is 3.62. The molecule has 1 aromatic carbocycles. The maximum absolute atomic E-state index is 13.4. The number of hydrogen-bond donors (Lipinski definition) is 2. The molecule has 8 nitrogen and oxygen atoms in total. The molecule has 1 saturated heterocycles. The quantitative estimate of drug-likeness (QED) is 0.453. The third-order valence-electron chi connectivity index (χ3n) is 5.45. The van der Waals surface area contributed by atoms with Gasteiger partial charge in [-0.15, -0.1) is 16.4 Å². The van der Waals surface area contributed by atoms with E-state index < -0.39 is 0 Å². The molecule has 3 heterocycles. The molecule has 32 heavy (non-hydrogen) atoms. The van der Waals surface area contributed by atoms with Crippen LogP contribution in [0.3, 0.4) is 0 Å². The average Bonchev–Trinajstić information content (AvgIpc) is 3.47. The van der Waals surface area contributed by atoms with Gasteiger partial charge in [0.15, 0.2) is 11.7 Å². The molecule has 0 unspecified atom stereocenters. The summed E-state index contributed by atoms with van der Waals surface area (Å²) in [5.74, 6) is 0.463. The van der Waals surface area contributed by atoms with E-state index in [1.807, 2.05) is 46.8 Å². The van der Waals surface area contributed by atoms with Crippen LogP contribution in [-0.4, -0.2) is 58.6 Å². The number of hydrogen-bond acceptors (Lipinski definition) is 7. The second-order valence-electron chi connectivity index (χ2n) is 7.84. The topological polar surface area (TPSA) is 98.3 Å². The first kappa shape index (κ1) is 21.9. The Hall–Kier alpha value is -3.30. The van der Waals surface area contributed by atoms with Crippen molar-refractivity contribution in [2.75, 3.05) is 25.0 Å². The van der Waals surface area contributed by atoms with E-state index in [1.165, 1.54) is 18.3 Å². The molecule has 4 rings (SSSR count). The smallest absolute Gasteiger partial charge is 0.269 e. The summed E-state index contributed by atoms with van der Waals surface area (Å²) in [4.78, 5) is 18.2. The van der Waals surface area contributed by atoms with Crippen LogP contribution in [0.25, 0.3) is 5.69 Å². The fourth-order valence-corrected chi connectivity index (χ4v) is 4.48. The van der Waals surface area contributed by atoms with E-state index in [-0.39, 0.29) is 23.7 Å². The molecule has 9 heteroatoms. The van der Waals surface area contributed by atoms with E-state index in [0.29, 0.717) is 16.3 Å². The van der Waals surface area contributed by atoms with Crippen LogP contribution in [0.5, 0.6) is 0 Å². The summed E-state index contributed by atoms with van der Waals surface area (Å²) in [6.45, 7) is 3.37. The number of nitrogens with zero attached hydrogens (tertiary/aromatic N) is 4. The minimum Gasteiger partial charge on any atom is -0.426 e. The number of carbonyl (C=O) groups excluding carboxylic acids is 1. The lowest BCUT2D eigenvalue weighted by atomic mass is 10.0. The van der Waals surface area contributed by atoms with Crippen molar-refractivity contribution in [3.8, 4) is 5.69 Å². The summed E-state index contributed by atoms with van der Waals surface area (Å²) in [5.41, 5.74) is 1.30. The lowest BCUT2D eigenvalue weighted by molar-refractivity contribution is 0.0966. The van der Waals surface area contributed by atoms with E-state index >= 15 is 0 Å². The van der Waals surface area contributed by atoms with E-state index in [2.05, 4.69) is 11.9 Å². The molecule has 1 aliphatic heterocycles. The van der Waals surface area contributed by atoms with Gasteiger partial charge in [0.1, 0.15) is 0 Å². The number of amides is 1. The fraction of sp³-hybridized carbons (Fsp3) is 0.304. The maximum Gasteiger partial charge on any atom is 0.269 e. The molecule has 0 radical (unpaired) electrons. The molecule has 0 atom stereocenters. The van der Waals surface area contributed by atoms with Gasteiger partial charge in [-0.3, -0.25) is 20.5 Å². The molecule has 0 bridgehead atoms. The molecule has 0 spiro atoms. The molecule has 2 N–H and O–H groups in total. The van der Waals surface area contributed by atoms with E-state index in [9.17, 15) is 4.79 Å². The van der Waals surface area contributed by atoms with Gasteiger partial charge in [-0.1, -0.05) is 12.1 Å². The van der Waals surface area contributed by atoms with E-state index in [1.54, 1.807) is 16.8 Å². The van der Waals surface area contributed by atoms with Crippen molar-refractivity contribution < 1.29 is 9.53 Å². The number of anilines is 1. The number of piperidine rings is 1. The predicted octanol–water partition coefficient (Wildman–Crippen LogP) is 4.01. The highest BCUT2D eigenvalue weighted by atomic mass is 32.1. The van der Waals surface area contributed by atoms with Crippen molar-refractivity contribution >= 4 is 34.9 Å². The summed E-state index contributed by atoms with van der Waals surface area (Å²) in [7, 11) is 2.10. The number of likely N-dealkylation sites (tertiary alicyclic amines) is 1. The lowest BCUT2D eigenvalue weighted by Crippen LogP contribution is -2.47. The van der Waals surface area contributed by atoms with Gasteiger partial charge in [-0.25, -0.2) is 4.68 Å². The molecule has 1 amide bonds. The van der Waals surface area contributed by atoms with Crippen LogP contribution in [0, 0.1) is 10.8 Å². The highest BCUT2D eigenvalue weighted by Crippen LogP contribution is 2.26. The molecule has 3 aromatic rings. The minimum atomic E-state index is -0.0902. The Kier molecular flexibility index (Phi) is 6.48. The van der Waals surface area contributed by atoms with Crippen molar-refractivity contribution in [2.24, 2.45) is 0 Å². The third-order valence-corrected chi connectivity index (χ3v) is 6.31. The molecule has 2 aromatic heterocycles. The van der Waals surface area contributed by atoms with Gasteiger partial charge >= 0.3 is 0 Å². The average molecular weight is 451 g/mol. The van der Waals surface area contributed by atoms with Crippen molar-refractivity contribution in [3.63, 3.8) is 0 Å². The molecule has 1 fully saturated rings. The molecule has 0 saturated carbocycles. The number of aromatic nitrogens is 2. The van der Waals surface area contributed by atoms with Gasteiger partial charge in [0.2, 0.25) is 5.90 Å². The zero-order chi connectivity index (χ0) is 22.7. The number of rotatable bonds is 5. The lowest BCUT2D eigenvalue weighted by Gasteiger charge is -2.36. The zero-order valence-corrected chi connectivity index (χ0v) is 18.9. The van der Waals surface area contributed by atoms with Crippen molar-refractivity contribution in [1.82, 2.24) is 14.7 Å². The first-order chi connectivity index (χ1) is 15.4. The Balaban J connectivity index is 1.64. The first-order valence-electron chi connectivity index (χ1n) is 10.5.